The van der Waals surface area contributed by atoms with Crippen LogP contribution in [0.25, 0.3) is 11.3 Å². The van der Waals surface area contributed by atoms with Crippen molar-refractivity contribution >= 4 is 40.7 Å². The SMILES string of the molecule is COC(=O)C1CN(C)CCN1CCC(=O)Nc1cc(Nc2cc(-c3cc(Cl)ccc3F)nnc2C)ccn1. The van der Waals surface area contributed by atoms with Crippen molar-refractivity contribution in [3.63, 3.8) is 0 Å². The van der Waals surface area contributed by atoms with E-state index >= 15 is 0 Å². The molecule has 0 spiro atoms. The molecule has 1 saturated heterocycles. The number of hydrogen-bond acceptors (Lipinski definition) is 9. The Bertz CT molecular complexity index is 1330. The average Bonchev–Trinajstić information content (AvgIpc) is 2.90. The van der Waals surface area contributed by atoms with Gasteiger partial charge in [0.05, 0.1) is 24.2 Å². The molecule has 38 heavy (non-hydrogen) atoms. The fraction of sp³-hybridized carbons (Fsp3) is 0.346. The first-order valence-electron chi connectivity index (χ1n) is 12.1. The zero-order valence-corrected chi connectivity index (χ0v) is 22.1. The molecule has 1 aliphatic heterocycles. The maximum atomic E-state index is 14.3. The molecule has 12 heteroatoms. The van der Waals surface area contributed by atoms with Gasteiger partial charge in [-0.3, -0.25) is 14.5 Å². The Morgan fingerprint density at radius 2 is 2.00 bits per heavy atom. The number of pyridine rings is 1. The van der Waals surface area contributed by atoms with Crippen LogP contribution in [0.3, 0.4) is 0 Å². The van der Waals surface area contributed by atoms with Gasteiger partial charge in [0.1, 0.15) is 17.7 Å². The van der Waals surface area contributed by atoms with Gasteiger partial charge in [0, 0.05) is 61.1 Å². The number of benzene rings is 1. The van der Waals surface area contributed by atoms with Gasteiger partial charge in [-0.1, -0.05) is 11.6 Å². The monoisotopic (exact) mass is 541 g/mol. The van der Waals surface area contributed by atoms with E-state index in [-0.39, 0.29) is 23.9 Å². The zero-order valence-electron chi connectivity index (χ0n) is 21.4. The van der Waals surface area contributed by atoms with Crippen LogP contribution < -0.4 is 10.6 Å². The van der Waals surface area contributed by atoms with Crippen molar-refractivity contribution in [2.45, 2.75) is 19.4 Å². The van der Waals surface area contributed by atoms with Crippen molar-refractivity contribution in [1.29, 1.82) is 0 Å². The lowest BCUT2D eigenvalue weighted by Crippen LogP contribution is -2.56. The van der Waals surface area contributed by atoms with E-state index in [4.69, 9.17) is 16.3 Å². The molecule has 3 heterocycles. The maximum absolute atomic E-state index is 14.3. The number of aryl methyl sites for hydroxylation is 1. The van der Waals surface area contributed by atoms with Crippen molar-refractivity contribution in [2.24, 2.45) is 0 Å². The Balaban J connectivity index is 1.41. The Morgan fingerprint density at radius 1 is 1.18 bits per heavy atom. The summed E-state index contributed by atoms with van der Waals surface area (Å²) in [7, 11) is 3.32. The number of carbonyl (C=O) groups excluding carboxylic acids is 2. The van der Waals surface area contributed by atoms with E-state index in [2.05, 4.69) is 30.7 Å². The summed E-state index contributed by atoms with van der Waals surface area (Å²) in [6.45, 7) is 4.22. The van der Waals surface area contributed by atoms with Crippen molar-refractivity contribution < 1.29 is 18.7 Å². The second-order valence-electron chi connectivity index (χ2n) is 9.04. The Morgan fingerprint density at radius 3 is 2.79 bits per heavy atom. The Hall–Kier alpha value is -3.67. The molecule has 10 nitrogen and oxygen atoms in total. The highest BCUT2D eigenvalue weighted by Crippen LogP contribution is 2.28. The smallest absolute Gasteiger partial charge is 0.324 e. The first-order chi connectivity index (χ1) is 18.2. The van der Waals surface area contributed by atoms with Gasteiger partial charge in [-0.2, -0.15) is 10.2 Å². The summed E-state index contributed by atoms with van der Waals surface area (Å²) in [6, 6.07) is 8.95. The van der Waals surface area contributed by atoms with E-state index in [9.17, 15) is 14.0 Å². The number of rotatable bonds is 8. The molecular formula is C26H29ClFN7O3. The van der Waals surface area contributed by atoms with E-state index in [0.717, 1.165) is 6.54 Å². The predicted octanol–water partition coefficient (Wildman–Crippen LogP) is 3.50. The van der Waals surface area contributed by atoms with Gasteiger partial charge in [-0.05, 0) is 44.3 Å². The molecule has 1 amide bonds. The van der Waals surface area contributed by atoms with Crippen LogP contribution in [0.2, 0.25) is 5.02 Å². The van der Waals surface area contributed by atoms with E-state index in [0.29, 0.717) is 53.2 Å². The highest BCUT2D eigenvalue weighted by Gasteiger charge is 2.31. The summed E-state index contributed by atoms with van der Waals surface area (Å²) in [5.74, 6) is -0.622. The second-order valence-corrected chi connectivity index (χ2v) is 9.48. The van der Waals surface area contributed by atoms with E-state index < -0.39 is 11.9 Å². The lowest BCUT2D eigenvalue weighted by Gasteiger charge is -2.38. The van der Waals surface area contributed by atoms with Gasteiger partial charge in [0.25, 0.3) is 0 Å². The number of aromatic nitrogens is 3. The van der Waals surface area contributed by atoms with Crippen molar-refractivity contribution in [1.82, 2.24) is 25.0 Å². The quantitative estimate of drug-likeness (QED) is 0.414. The van der Waals surface area contributed by atoms with Crippen molar-refractivity contribution in [2.75, 3.05) is 51.0 Å². The standard InChI is InChI=1S/C26H29ClFN7O3/c1-16-21(14-22(33-32-16)19-12-17(27)4-5-20(19)28)30-18-6-8-29-24(13-18)31-25(36)7-9-35-11-10-34(2)15-23(35)26(37)38-3/h4-6,8,12-14,23H,7,9-11,15H2,1-3H3,(H2,29,30,31,33,36). The van der Waals surface area contributed by atoms with Gasteiger partial charge in [-0.15, -0.1) is 0 Å². The molecule has 2 N–H and O–H groups in total. The highest BCUT2D eigenvalue weighted by atomic mass is 35.5. The molecule has 0 bridgehead atoms. The summed E-state index contributed by atoms with van der Waals surface area (Å²) in [5, 5.41) is 14.7. The van der Waals surface area contributed by atoms with Crippen LogP contribution in [-0.2, 0) is 14.3 Å². The molecule has 0 saturated carbocycles. The van der Waals surface area contributed by atoms with Gasteiger partial charge in [0.2, 0.25) is 5.91 Å². The normalized spacial score (nSPS) is 16.2. The molecule has 1 aromatic carbocycles. The molecule has 200 valence electrons. The molecule has 2 aromatic heterocycles. The fourth-order valence-corrected chi connectivity index (χ4v) is 4.34. The van der Waals surface area contributed by atoms with Gasteiger partial charge in [0.15, 0.2) is 0 Å². The summed E-state index contributed by atoms with van der Waals surface area (Å²) in [4.78, 5) is 33.1. The van der Waals surface area contributed by atoms with Gasteiger partial charge in [-0.25, -0.2) is 9.37 Å². The highest BCUT2D eigenvalue weighted by molar-refractivity contribution is 6.30. The number of anilines is 3. The number of nitrogens with zero attached hydrogens (tertiary/aromatic N) is 5. The van der Waals surface area contributed by atoms with Gasteiger partial charge >= 0.3 is 5.97 Å². The molecule has 1 fully saturated rings. The third-order valence-corrected chi connectivity index (χ3v) is 6.52. The van der Waals surface area contributed by atoms with E-state index in [1.54, 1.807) is 31.3 Å². The molecule has 4 rings (SSSR count). The third-order valence-electron chi connectivity index (χ3n) is 6.28. The summed E-state index contributed by atoms with van der Waals surface area (Å²) < 4.78 is 19.3. The minimum absolute atomic E-state index is 0.193. The maximum Gasteiger partial charge on any atom is 0.324 e. The van der Waals surface area contributed by atoms with Gasteiger partial charge < -0.3 is 20.3 Å². The van der Waals surface area contributed by atoms with Crippen molar-refractivity contribution in [3.8, 4) is 11.3 Å². The first-order valence-corrected chi connectivity index (χ1v) is 12.4. The number of ether oxygens (including phenoxy) is 1. The van der Waals surface area contributed by atoms with E-state index in [1.165, 1.54) is 25.3 Å². The van der Waals surface area contributed by atoms with Crippen LogP contribution in [-0.4, -0.2) is 83.2 Å². The molecule has 1 aliphatic rings. The molecule has 1 unspecified atom stereocenters. The largest absolute Gasteiger partial charge is 0.468 e. The zero-order chi connectivity index (χ0) is 27.2. The minimum atomic E-state index is -0.457. The number of carbonyl (C=O) groups is 2. The topological polar surface area (TPSA) is 113 Å². The lowest BCUT2D eigenvalue weighted by atomic mass is 10.1. The van der Waals surface area contributed by atoms with Crippen LogP contribution in [0.4, 0.5) is 21.6 Å². The Labute approximate surface area is 225 Å². The number of esters is 1. The number of halogens is 2. The Kier molecular flexibility index (Phi) is 8.82. The molecular weight excluding hydrogens is 513 g/mol. The molecule has 1 atom stereocenters. The number of likely N-dealkylation sites (N-methyl/N-ethyl adjacent to an activating group) is 1. The fourth-order valence-electron chi connectivity index (χ4n) is 4.17. The van der Waals surface area contributed by atoms with E-state index in [1.807, 2.05) is 11.9 Å². The van der Waals surface area contributed by atoms with Crippen LogP contribution in [0.5, 0.6) is 0 Å². The number of piperazine rings is 1. The number of hydrogen-bond donors (Lipinski definition) is 2. The number of methoxy groups -OCH3 is 1. The summed E-state index contributed by atoms with van der Waals surface area (Å²) in [5.41, 5.74) is 2.43. The summed E-state index contributed by atoms with van der Waals surface area (Å²) in [6.07, 6.45) is 1.76. The third kappa shape index (κ3) is 6.80. The lowest BCUT2D eigenvalue weighted by molar-refractivity contribution is -0.149. The first kappa shape index (κ1) is 27.4. The van der Waals surface area contributed by atoms with Crippen molar-refractivity contribution in [3.05, 3.63) is 59.1 Å². The van der Waals surface area contributed by atoms with Crippen LogP contribution in [0, 0.1) is 12.7 Å². The minimum Gasteiger partial charge on any atom is -0.468 e. The second kappa shape index (κ2) is 12.2. The van der Waals surface area contributed by atoms with Crippen LogP contribution >= 0.6 is 11.6 Å². The average molecular weight is 542 g/mol. The molecule has 3 aromatic rings. The van der Waals surface area contributed by atoms with Crippen LogP contribution in [0.15, 0.2) is 42.6 Å². The predicted molar refractivity (Wildman–Crippen MR) is 143 cm³/mol. The summed E-state index contributed by atoms with van der Waals surface area (Å²) >= 11 is 6.03. The number of nitrogens with one attached hydrogen (secondary N) is 2. The van der Waals surface area contributed by atoms with Crippen LogP contribution in [0.1, 0.15) is 12.1 Å². The molecule has 0 aliphatic carbocycles. The molecule has 0 radical (unpaired) electrons. The number of amides is 1.